The first-order valence-corrected chi connectivity index (χ1v) is 6.12. The Balaban J connectivity index is 0.000000494. The van der Waals surface area contributed by atoms with Gasteiger partial charge in [-0.25, -0.2) is 0 Å². The molecular formula is C9H16N2O6S. The molecule has 8 nitrogen and oxygen atoms in total. The predicted molar refractivity (Wildman–Crippen MR) is 66.8 cm³/mol. The minimum Gasteiger partial charge on any atom is -0.496 e. The van der Waals surface area contributed by atoms with Crippen molar-refractivity contribution in [3.8, 4) is 5.75 Å². The summed E-state index contributed by atoms with van der Waals surface area (Å²) >= 11 is 0. The standard InChI is InChI=1S/C9H14N2O2.H2O4S/c1-13-8-3-2-7(10)9(11)6(8)4-5-12;1-5(2,3)4/h2-3,12H,4-5,10-11H2,1H3;(H2,1,2,3,4). The summed E-state index contributed by atoms with van der Waals surface area (Å²) in [5.74, 6) is 0.667. The van der Waals surface area contributed by atoms with Gasteiger partial charge in [0, 0.05) is 18.6 Å². The summed E-state index contributed by atoms with van der Waals surface area (Å²) in [4.78, 5) is 0. The maximum absolute atomic E-state index is 8.80. The first kappa shape index (κ1) is 16.4. The van der Waals surface area contributed by atoms with E-state index in [4.69, 9.17) is 38.8 Å². The van der Waals surface area contributed by atoms with Gasteiger partial charge in [-0.15, -0.1) is 0 Å². The highest BCUT2D eigenvalue weighted by Gasteiger charge is 2.08. The fraction of sp³-hybridized carbons (Fsp3) is 0.333. The summed E-state index contributed by atoms with van der Waals surface area (Å²) in [6, 6.07) is 3.44. The first-order chi connectivity index (χ1) is 8.20. The molecule has 0 amide bonds. The summed E-state index contributed by atoms with van der Waals surface area (Å²) in [5.41, 5.74) is 13.1. The highest BCUT2D eigenvalue weighted by molar-refractivity contribution is 7.79. The number of aliphatic hydroxyl groups is 1. The van der Waals surface area contributed by atoms with E-state index in [2.05, 4.69) is 0 Å². The van der Waals surface area contributed by atoms with Crippen molar-refractivity contribution in [1.82, 2.24) is 0 Å². The molecule has 0 bridgehead atoms. The molecule has 7 N–H and O–H groups in total. The van der Waals surface area contributed by atoms with Crippen LogP contribution in [0.2, 0.25) is 0 Å². The van der Waals surface area contributed by atoms with Gasteiger partial charge in [0.2, 0.25) is 0 Å². The molecule has 9 heteroatoms. The zero-order chi connectivity index (χ0) is 14.3. The van der Waals surface area contributed by atoms with Gasteiger partial charge in [0.15, 0.2) is 0 Å². The number of hydrogen-bond donors (Lipinski definition) is 5. The van der Waals surface area contributed by atoms with Crippen LogP contribution in [-0.4, -0.2) is 36.3 Å². The molecule has 0 aromatic heterocycles. The van der Waals surface area contributed by atoms with Crippen LogP contribution in [0.4, 0.5) is 11.4 Å². The molecule has 0 saturated carbocycles. The second-order valence-electron chi connectivity index (χ2n) is 3.17. The molecule has 0 aliphatic rings. The smallest absolute Gasteiger partial charge is 0.394 e. The third kappa shape index (κ3) is 6.25. The van der Waals surface area contributed by atoms with Crippen molar-refractivity contribution in [2.75, 3.05) is 25.2 Å². The molecule has 0 aliphatic heterocycles. The number of aliphatic hydroxyl groups excluding tert-OH is 1. The molecule has 0 saturated heterocycles. The molecule has 0 unspecified atom stereocenters. The van der Waals surface area contributed by atoms with E-state index in [1.54, 1.807) is 19.2 Å². The number of anilines is 2. The average Bonchev–Trinajstić information content (AvgIpc) is 2.23. The van der Waals surface area contributed by atoms with Gasteiger partial charge in [-0.1, -0.05) is 0 Å². The van der Waals surface area contributed by atoms with Crippen molar-refractivity contribution in [3.63, 3.8) is 0 Å². The SMILES string of the molecule is COc1ccc(N)c(N)c1CCO.O=S(=O)(O)O. The summed E-state index contributed by atoms with van der Waals surface area (Å²) in [7, 11) is -3.11. The van der Waals surface area contributed by atoms with Gasteiger partial charge in [-0.2, -0.15) is 8.42 Å². The highest BCUT2D eigenvalue weighted by atomic mass is 32.3. The van der Waals surface area contributed by atoms with Crippen LogP contribution >= 0.6 is 0 Å². The van der Waals surface area contributed by atoms with E-state index in [1.807, 2.05) is 0 Å². The van der Waals surface area contributed by atoms with E-state index in [0.717, 1.165) is 5.56 Å². The molecule has 1 aromatic carbocycles. The summed E-state index contributed by atoms with van der Waals surface area (Å²) in [5, 5.41) is 8.80. The van der Waals surface area contributed by atoms with Crippen LogP contribution in [0.1, 0.15) is 5.56 Å². The average molecular weight is 280 g/mol. The fourth-order valence-corrected chi connectivity index (χ4v) is 1.22. The lowest BCUT2D eigenvalue weighted by Crippen LogP contribution is -2.04. The molecule has 0 aliphatic carbocycles. The largest absolute Gasteiger partial charge is 0.496 e. The number of hydrogen-bond acceptors (Lipinski definition) is 6. The van der Waals surface area contributed by atoms with Crippen LogP contribution in [0.5, 0.6) is 5.75 Å². The summed E-state index contributed by atoms with van der Waals surface area (Å²) < 4.78 is 36.7. The Hall–Kier alpha value is -1.55. The Morgan fingerprint density at radius 2 is 1.78 bits per heavy atom. The maximum atomic E-state index is 8.80. The van der Waals surface area contributed by atoms with Gasteiger partial charge in [0.1, 0.15) is 5.75 Å². The van der Waals surface area contributed by atoms with Crippen LogP contribution in [0.15, 0.2) is 12.1 Å². The van der Waals surface area contributed by atoms with E-state index >= 15 is 0 Å². The van der Waals surface area contributed by atoms with E-state index in [-0.39, 0.29) is 6.61 Å². The number of methoxy groups -OCH3 is 1. The Morgan fingerprint density at radius 3 is 2.17 bits per heavy atom. The summed E-state index contributed by atoms with van der Waals surface area (Å²) in [6.07, 6.45) is 0.458. The number of nitrogens with two attached hydrogens (primary N) is 2. The van der Waals surface area contributed by atoms with Crippen molar-refractivity contribution in [2.45, 2.75) is 6.42 Å². The maximum Gasteiger partial charge on any atom is 0.394 e. The van der Waals surface area contributed by atoms with Gasteiger partial charge >= 0.3 is 10.4 Å². The Bertz CT molecular complexity index is 480. The highest BCUT2D eigenvalue weighted by Crippen LogP contribution is 2.29. The molecule has 104 valence electrons. The molecule has 18 heavy (non-hydrogen) atoms. The van der Waals surface area contributed by atoms with Crippen molar-refractivity contribution >= 4 is 21.8 Å². The second kappa shape index (κ2) is 7.01. The van der Waals surface area contributed by atoms with Crippen molar-refractivity contribution in [1.29, 1.82) is 0 Å². The minimum atomic E-state index is -4.67. The molecule has 0 fully saturated rings. The van der Waals surface area contributed by atoms with E-state index in [1.165, 1.54) is 0 Å². The third-order valence-corrected chi connectivity index (χ3v) is 1.93. The Morgan fingerprint density at radius 1 is 1.28 bits per heavy atom. The topological polar surface area (TPSA) is 156 Å². The molecule has 0 radical (unpaired) electrons. The fourth-order valence-electron chi connectivity index (χ4n) is 1.22. The van der Waals surface area contributed by atoms with Gasteiger partial charge in [0.05, 0.1) is 18.5 Å². The number of nitrogen functional groups attached to an aromatic ring is 2. The minimum absolute atomic E-state index is 0.0318. The second-order valence-corrected chi connectivity index (χ2v) is 4.07. The molecule has 0 spiro atoms. The van der Waals surface area contributed by atoms with Gasteiger partial charge in [-0.05, 0) is 12.1 Å². The van der Waals surface area contributed by atoms with Gasteiger partial charge in [-0.3, -0.25) is 9.11 Å². The van der Waals surface area contributed by atoms with Crippen LogP contribution in [0.3, 0.4) is 0 Å². The summed E-state index contributed by atoms with van der Waals surface area (Å²) in [6.45, 7) is 0.0318. The first-order valence-electron chi connectivity index (χ1n) is 4.72. The van der Waals surface area contributed by atoms with Crippen molar-refractivity contribution < 1.29 is 27.4 Å². The molecule has 1 rings (SSSR count). The van der Waals surface area contributed by atoms with Crippen LogP contribution in [0.25, 0.3) is 0 Å². The molecule has 0 atom stereocenters. The lowest BCUT2D eigenvalue weighted by molar-refractivity contribution is 0.297. The number of ether oxygens (including phenoxy) is 1. The number of benzene rings is 1. The normalized spacial score (nSPS) is 10.4. The van der Waals surface area contributed by atoms with Gasteiger partial charge in [0.25, 0.3) is 0 Å². The Kier molecular flexibility index (Phi) is 6.41. The van der Waals surface area contributed by atoms with E-state index < -0.39 is 10.4 Å². The molecular weight excluding hydrogens is 264 g/mol. The quantitative estimate of drug-likeness (QED) is 0.374. The van der Waals surface area contributed by atoms with E-state index in [0.29, 0.717) is 23.5 Å². The number of rotatable bonds is 3. The van der Waals surface area contributed by atoms with Crippen LogP contribution in [-0.2, 0) is 16.8 Å². The third-order valence-electron chi connectivity index (χ3n) is 1.93. The lowest BCUT2D eigenvalue weighted by atomic mass is 10.1. The van der Waals surface area contributed by atoms with Gasteiger partial charge < -0.3 is 21.3 Å². The van der Waals surface area contributed by atoms with Crippen molar-refractivity contribution in [3.05, 3.63) is 17.7 Å². The zero-order valence-corrected chi connectivity index (χ0v) is 10.5. The lowest BCUT2D eigenvalue weighted by Gasteiger charge is -2.11. The predicted octanol–water partition coefficient (Wildman–Crippen LogP) is -0.258. The molecule has 1 aromatic rings. The van der Waals surface area contributed by atoms with Crippen LogP contribution < -0.4 is 16.2 Å². The van der Waals surface area contributed by atoms with Crippen LogP contribution in [0, 0.1) is 0 Å². The monoisotopic (exact) mass is 280 g/mol. The zero-order valence-electron chi connectivity index (χ0n) is 9.70. The van der Waals surface area contributed by atoms with Crippen molar-refractivity contribution in [2.24, 2.45) is 0 Å². The Labute approximate surface area is 105 Å². The molecule has 0 heterocycles. The van der Waals surface area contributed by atoms with E-state index in [9.17, 15) is 0 Å².